The number of hydrogen-bond donors (Lipinski definition) is 1. The molecule has 3 rings (SSSR count). The van der Waals surface area contributed by atoms with Gasteiger partial charge in [0, 0.05) is 17.3 Å². The molecule has 0 aliphatic carbocycles. The summed E-state index contributed by atoms with van der Waals surface area (Å²) >= 11 is 5.85. The molecule has 6 heteroatoms. The van der Waals surface area contributed by atoms with Crippen molar-refractivity contribution in [3.8, 4) is 0 Å². The summed E-state index contributed by atoms with van der Waals surface area (Å²) in [5.74, 6) is 1.19. The SMILES string of the molecule is CC1(c2noc(CNc3ccc(Cl)cc3)n2)CCCCO1. The van der Waals surface area contributed by atoms with Gasteiger partial charge < -0.3 is 14.6 Å². The minimum Gasteiger partial charge on any atom is -0.376 e. The molecular formula is C15H18ClN3O2. The van der Waals surface area contributed by atoms with Crippen molar-refractivity contribution >= 4 is 17.3 Å². The van der Waals surface area contributed by atoms with Crippen LogP contribution in [0.4, 0.5) is 5.69 Å². The summed E-state index contributed by atoms with van der Waals surface area (Å²) in [6, 6.07) is 7.48. The van der Waals surface area contributed by atoms with Crippen molar-refractivity contribution in [2.75, 3.05) is 11.9 Å². The molecule has 21 heavy (non-hydrogen) atoms. The number of benzene rings is 1. The Labute approximate surface area is 128 Å². The standard InChI is InChI=1S/C15H18ClN3O2/c1-15(8-2-3-9-20-15)14-18-13(21-19-14)10-17-12-6-4-11(16)5-7-12/h4-7,17H,2-3,8-10H2,1H3. The van der Waals surface area contributed by atoms with E-state index in [0.29, 0.717) is 23.3 Å². The van der Waals surface area contributed by atoms with Gasteiger partial charge in [-0.15, -0.1) is 0 Å². The molecule has 1 unspecified atom stereocenters. The van der Waals surface area contributed by atoms with Crippen LogP contribution in [0.1, 0.15) is 37.9 Å². The Morgan fingerprint density at radius 2 is 2.10 bits per heavy atom. The third-order valence-corrected chi connectivity index (χ3v) is 3.95. The van der Waals surface area contributed by atoms with Crippen LogP contribution >= 0.6 is 11.6 Å². The van der Waals surface area contributed by atoms with E-state index in [2.05, 4.69) is 15.5 Å². The Morgan fingerprint density at radius 1 is 1.29 bits per heavy atom. The topological polar surface area (TPSA) is 60.2 Å². The molecule has 1 fully saturated rings. The van der Waals surface area contributed by atoms with E-state index >= 15 is 0 Å². The first-order valence-corrected chi connectivity index (χ1v) is 7.50. The molecular weight excluding hydrogens is 290 g/mol. The lowest BCUT2D eigenvalue weighted by atomic mass is 9.95. The molecule has 0 saturated carbocycles. The van der Waals surface area contributed by atoms with Gasteiger partial charge in [0.05, 0.1) is 6.54 Å². The molecule has 0 radical (unpaired) electrons. The molecule has 2 aromatic rings. The van der Waals surface area contributed by atoms with Gasteiger partial charge >= 0.3 is 0 Å². The van der Waals surface area contributed by atoms with Gasteiger partial charge in [0.25, 0.3) is 0 Å². The summed E-state index contributed by atoms with van der Waals surface area (Å²) in [4.78, 5) is 4.45. The maximum absolute atomic E-state index is 5.85. The van der Waals surface area contributed by atoms with Crippen molar-refractivity contribution in [2.24, 2.45) is 0 Å². The Morgan fingerprint density at radius 3 is 2.81 bits per heavy atom. The third-order valence-electron chi connectivity index (χ3n) is 3.70. The van der Waals surface area contributed by atoms with E-state index in [4.69, 9.17) is 20.9 Å². The molecule has 1 atom stereocenters. The highest BCUT2D eigenvalue weighted by Crippen LogP contribution is 2.32. The maximum Gasteiger partial charge on any atom is 0.246 e. The molecule has 2 heterocycles. The average Bonchev–Trinajstić information content (AvgIpc) is 2.97. The van der Waals surface area contributed by atoms with Crippen LogP contribution in [0.25, 0.3) is 0 Å². The minimum absolute atomic E-state index is 0.416. The summed E-state index contributed by atoms with van der Waals surface area (Å²) in [5.41, 5.74) is 0.541. The molecule has 1 aromatic carbocycles. The fraction of sp³-hybridized carbons (Fsp3) is 0.467. The van der Waals surface area contributed by atoms with E-state index in [9.17, 15) is 0 Å². The van der Waals surface area contributed by atoms with E-state index in [1.54, 1.807) is 0 Å². The van der Waals surface area contributed by atoms with Gasteiger partial charge in [0.15, 0.2) is 0 Å². The van der Waals surface area contributed by atoms with Crippen molar-refractivity contribution in [3.63, 3.8) is 0 Å². The molecule has 0 spiro atoms. The average molecular weight is 308 g/mol. The Bertz CT molecular complexity index is 591. The predicted molar refractivity (Wildman–Crippen MR) is 80.2 cm³/mol. The second kappa shape index (κ2) is 6.03. The smallest absolute Gasteiger partial charge is 0.246 e. The first-order valence-electron chi connectivity index (χ1n) is 7.12. The zero-order chi connectivity index (χ0) is 14.7. The molecule has 1 N–H and O–H groups in total. The number of halogens is 1. The van der Waals surface area contributed by atoms with Gasteiger partial charge in [-0.2, -0.15) is 4.98 Å². The normalized spacial score (nSPS) is 22.2. The number of rotatable bonds is 4. The summed E-state index contributed by atoms with van der Waals surface area (Å²) in [6.45, 7) is 3.25. The molecule has 1 aliphatic heterocycles. The third kappa shape index (κ3) is 3.36. The highest BCUT2D eigenvalue weighted by atomic mass is 35.5. The van der Waals surface area contributed by atoms with Crippen molar-refractivity contribution in [2.45, 2.75) is 38.3 Å². The van der Waals surface area contributed by atoms with E-state index in [1.807, 2.05) is 31.2 Å². The summed E-state index contributed by atoms with van der Waals surface area (Å²) < 4.78 is 11.1. The second-order valence-corrected chi connectivity index (χ2v) is 5.85. The molecule has 0 amide bonds. The highest BCUT2D eigenvalue weighted by molar-refractivity contribution is 6.30. The van der Waals surface area contributed by atoms with E-state index in [1.165, 1.54) is 0 Å². The molecule has 0 bridgehead atoms. The molecule has 1 saturated heterocycles. The van der Waals surface area contributed by atoms with Crippen molar-refractivity contribution < 1.29 is 9.26 Å². The number of aromatic nitrogens is 2. The van der Waals surface area contributed by atoms with E-state index in [0.717, 1.165) is 31.6 Å². The van der Waals surface area contributed by atoms with Gasteiger partial charge in [0.1, 0.15) is 5.60 Å². The number of nitrogens with one attached hydrogen (secondary N) is 1. The minimum atomic E-state index is -0.416. The fourth-order valence-corrected chi connectivity index (χ4v) is 2.52. The largest absolute Gasteiger partial charge is 0.376 e. The number of anilines is 1. The predicted octanol–water partition coefficient (Wildman–Crippen LogP) is 3.75. The first-order chi connectivity index (χ1) is 10.2. The van der Waals surface area contributed by atoms with Crippen molar-refractivity contribution in [1.82, 2.24) is 10.1 Å². The van der Waals surface area contributed by atoms with Crippen LogP contribution in [-0.4, -0.2) is 16.7 Å². The van der Waals surface area contributed by atoms with Gasteiger partial charge in [0.2, 0.25) is 11.7 Å². The van der Waals surface area contributed by atoms with Crippen LogP contribution in [-0.2, 0) is 16.9 Å². The van der Waals surface area contributed by atoms with Crippen LogP contribution in [0.2, 0.25) is 5.02 Å². The quantitative estimate of drug-likeness (QED) is 0.932. The Hall–Kier alpha value is -1.59. The van der Waals surface area contributed by atoms with Crippen LogP contribution in [0.15, 0.2) is 28.8 Å². The second-order valence-electron chi connectivity index (χ2n) is 5.41. The molecule has 1 aliphatic rings. The van der Waals surface area contributed by atoms with Crippen LogP contribution in [0, 0.1) is 0 Å². The van der Waals surface area contributed by atoms with Crippen LogP contribution in [0.5, 0.6) is 0 Å². The summed E-state index contributed by atoms with van der Waals surface area (Å²) in [7, 11) is 0. The van der Waals surface area contributed by atoms with Crippen molar-refractivity contribution in [3.05, 3.63) is 41.0 Å². The number of nitrogens with zero attached hydrogens (tertiary/aromatic N) is 2. The lowest BCUT2D eigenvalue weighted by Crippen LogP contribution is -2.31. The molecule has 1 aromatic heterocycles. The van der Waals surface area contributed by atoms with Gasteiger partial charge in [-0.3, -0.25) is 0 Å². The van der Waals surface area contributed by atoms with E-state index < -0.39 is 5.60 Å². The van der Waals surface area contributed by atoms with Gasteiger partial charge in [-0.05, 0) is 50.5 Å². The Balaban J connectivity index is 1.63. The van der Waals surface area contributed by atoms with Crippen LogP contribution in [0.3, 0.4) is 0 Å². The fourth-order valence-electron chi connectivity index (χ4n) is 2.40. The number of hydrogen-bond acceptors (Lipinski definition) is 5. The summed E-state index contributed by atoms with van der Waals surface area (Å²) in [5, 5.41) is 8.00. The Kier molecular flexibility index (Phi) is 4.12. The summed E-state index contributed by atoms with van der Waals surface area (Å²) in [6.07, 6.45) is 3.15. The zero-order valence-electron chi connectivity index (χ0n) is 11.9. The lowest BCUT2D eigenvalue weighted by Gasteiger charge is -2.30. The van der Waals surface area contributed by atoms with Crippen molar-refractivity contribution in [1.29, 1.82) is 0 Å². The first kappa shape index (κ1) is 14.4. The molecule has 5 nitrogen and oxygen atoms in total. The number of ether oxygens (including phenoxy) is 1. The van der Waals surface area contributed by atoms with Crippen LogP contribution < -0.4 is 5.32 Å². The monoisotopic (exact) mass is 307 g/mol. The van der Waals surface area contributed by atoms with E-state index in [-0.39, 0.29) is 0 Å². The zero-order valence-corrected chi connectivity index (χ0v) is 12.7. The lowest BCUT2D eigenvalue weighted by molar-refractivity contribution is -0.0770. The molecule has 112 valence electrons. The maximum atomic E-state index is 5.85. The highest BCUT2D eigenvalue weighted by Gasteiger charge is 2.34. The van der Waals surface area contributed by atoms with Gasteiger partial charge in [-0.1, -0.05) is 16.8 Å². The van der Waals surface area contributed by atoms with Gasteiger partial charge in [-0.25, -0.2) is 0 Å².